The lowest BCUT2D eigenvalue weighted by atomic mass is 9.98. The van der Waals surface area contributed by atoms with Gasteiger partial charge >= 0.3 is 0 Å². The number of nitriles is 1. The van der Waals surface area contributed by atoms with Gasteiger partial charge in [0.05, 0.1) is 16.2 Å². The number of hydrogen-bond donors (Lipinski definition) is 1. The van der Waals surface area contributed by atoms with E-state index in [4.69, 9.17) is 5.73 Å². The second-order valence-electron chi connectivity index (χ2n) is 6.40. The molecule has 0 fully saturated rings. The van der Waals surface area contributed by atoms with E-state index in [0.717, 1.165) is 16.8 Å². The summed E-state index contributed by atoms with van der Waals surface area (Å²) >= 11 is 1.42. The number of non-ortho nitro benzene ring substituents is 1. The van der Waals surface area contributed by atoms with Crippen LogP contribution in [0.15, 0.2) is 70.3 Å². The van der Waals surface area contributed by atoms with Crippen LogP contribution in [0.4, 0.5) is 5.69 Å². The van der Waals surface area contributed by atoms with Crippen LogP contribution in [0.25, 0.3) is 5.70 Å². The fourth-order valence-electron chi connectivity index (χ4n) is 3.16. The number of thioether (sulfide) groups is 1. The van der Waals surface area contributed by atoms with Crippen LogP contribution in [0, 0.1) is 28.4 Å². The summed E-state index contributed by atoms with van der Waals surface area (Å²) in [5.74, 6) is 0.292. The Hall–Kier alpha value is -3.57. The number of nitro benzene ring substituents is 1. The summed E-state index contributed by atoms with van der Waals surface area (Å²) in [6, 6.07) is 15.6. The first-order valence-electron chi connectivity index (χ1n) is 8.45. The Bertz CT molecular complexity index is 1110. The Morgan fingerprint density at radius 3 is 2.71 bits per heavy atom. The molecule has 1 atom stereocenters. The normalized spacial score (nSPS) is 18.3. The lowest BCUT2D eigenvalue weighted by Gasteiger charge is -2.30. The van der Waals surface area contributed by atoms with E-state index in [2.05, 4.69) is 11.1 Å². The van der Waals surface area contributed by atoms with Gasteiger partial charge in [-0.25, -0.2) is 4.99 Å². The molecular formula is C20H15N5O2S. The average Bonchev–Trinajstić information content (AvgIpc) is 3.13. The minimum absolute atomic E-state index is 0.0477. The molecule has 0 saturated heterocycles. The smallest absolute Gasteiger partial charge is 0.269 e. The molecule has 1 unspecified atom stereocenters. The van der Waals surface area contributed by atoms with Crippen LogP contribution in [-0.2, 0) is 0 Å². The summed E-state index contributed by atoms with van der Waals surface area (Å²) < 4.78 is 0. The van der Waals surface area contributed by atoms with Crippen LogP contribution in [0.3, 0.4) is 0 Å². The van der Waals surface area contributed by atoms with Crippen LogP contribution in [0.2, 0.25) is 0 Å². The van der Waals surface area contributed by atoms with E-state index in [9.17, 15) is 15.4 Å². The van der Waals surface area contributed by atoms with Crippen molar-refractivity contribution in [1.82, 2.24) is 4.90 Å². The molecule has 2 aromatic carbocycles. The number of nitrogens with two attached hydrogens (primary N) is 1. The van der Waals surface area contributed by atoms with Gasteiger partial charge in [0.2, 0.25) is 0 Å². The van der Waals surface area contributed by atoms with Gasteiger partial charge in [0.1, 0.15) is 17.9 Å². The van der Waals surface area contributed by atoms with Crippen LogP contribution < -0.4 is 5.73 Å². The summed E-state index contributed by atoms with van der Waals surface area (Å²) in [5, 5.41) is 23.4. The first kappa shape index (κ1) is 17.8. The van der Waals surface area contributed by atoms with E-state index in [0.29, 0.717) is 16.6 Å². The lowest BCUT2D eigenvalue weighted by molar-refractivity contribution is -0.384. The van der Waals surface area contributed by atoms with Crippen molar-refractivity contribution in [1.29, 1.82) is 5.26 Å². The van der Waals surface area contributed by atoms with Gasteiger partial charge in [-0.05, 0) is 18.1 Å². The minimum atomic E-state index is -0.672. The number of aryl methyl sites for hydroxylation is 1. The number of fused-ring (bicyclic) bond motifs is 1. The van der Waals surface area contributed by atoms with Crippen LogP contribution in [0.1, 0.15) is 22.7 Å². The SMILES string of the molecule is Cc1ccc(C2=CSC3=NC(c4cccc([N+](=O)[O-])c4)C(C#N)=C(N)N23)cc1. The molecule has 0 aliphatic carbocycles. The quantitative estimate of drug-likeness (QED) is 0.626. The van der Waals surface area contributed by atoms with Gasteiger partial charge in [0.25, 0.3) is 5.69 Å². The highest BCUT2D eigenvalue weighted by atomic mass is 32.2. The van der Waals surface area contributed by atoms with Crippen molar-refractivity contribution < 1.29 is 4.92 Å². The fourth-order valence-corrected chi connectivity index (χ4v) is 4.09. The van der Waals surface area contributed by atoms with Gasteiger partial charge < -0.3 is 5.73 Å². The van der Waals surface area contributed by atoms with Gasteiger partial charge in [-0.15, -0.1) is 0 Å². The van der Waals surface area contributed by atoms with Gasteiger partial charge in [-0.2, -0.15) is 5.26 Å². The van der Waals surface area contributed by atoms with Gasteiger partial charge in [0.15, 0.2) is 5.17 Å². The van der Waals surface area contributed by atoms with Crippen molar-refractivity contribution in [2.24, 2.45) is 10.7 Å². The molecule has 0 bridgehead atoms. The average molecular weight is 389 g/mol. The van der Waals surface area contributed by atoms with Gasteiger partial charge in [-0.1, -0.05) is 53.7 Å². The van der Waals surface area contributed by atoms with E-state index in [-0.39, 0.29) is 11.3 Å². The highest BCUT2D eigenvalue weighted by molar-refractivity contribution is 8.16. The monoisotopic (exact) mass is 389 g/mol. The summed E-state index contributed by atoms with van der Waals surface area (Å²) in [6.07, 6.45) is 0. The van der Waals surface area contributed by atoms with Crippen molar-refractivity contribution >= 4 is 28.3 Å². The fraction of sp³-hybridized carbons (Fsp3) is 0.100. The summed E-state index contributed by atoms with van der Waals surface area (Å²) in [7, 11) is 0. The highest BCUT2D eigenvalue weighted by Gasteiger charge is 2.36. The number of nitrogens with zero attached hydrogens (tertiary/aromatic N) is 4. The number of rotatable bonds is 3. The minimum Gasteiger partial charge on any atom is -0.384 e. The van der Waals surface area contributed by atoms with Crippen molar-refractivity contribution in [2.75, 3.05) is 0 Å². The van der Waals surface area contributed by atoms with Crippen molar-refractivity contribution in [3.63, 3.8) is 0 Å². The van der Waals surface area contributed by atoms with E-state index < -0.39 is 11.0 Å². The number of aliphatic imine (C=N–C) groups is 1. The molecule has 0 spiro atoms. The molecule has 0 aromatic heterocycles. The molecule has 4 rings (SSSR count). The first-order valence-corrected chi connectivity index (χ1v) is 9.33. The number of benzene rings is 2. The van der Waals surface area contributed by atoms with Crippen molar-refractivity contribution in [3.8, 4) is 6.07 Å². The van der Waals surface area contributed by atoms with E-state index in [1.165, 1.54) is 23.9 Å². The van der Waals surface area contributed by atoms with Crippen LogP contribution in [-0.4, -0.2) is 15.0 Å². The Kier molecular flexibility index (Phi) is 4.37. The lowest BCUT2D eigenvalue weighted by Crippen LogP contribution is -2.33. The molecule has 2 aromatic rings. The molecule has 0 saturated carbocycles. The zero-order chi connectivity index (χ0) is 19.8. The Labute approximate surface area is 165 Å². The maximum atomic E-state index is 11.1. The third kappa shape index (κ3) is 2.92. The first-order chi connectivity index (χ1) is 13.5. The molecule has 28 heavy (non-hydrogen) atoms. The molecule has 0 amide bonds. The zero-order valence-corrected chi connectivity index (χ0v) is 15.7. The molecule has 138 valence electrons. The molecule has 0 radical (unpaired) electrons. The Morgan fingerprint density at radius 1 is 1.29 bits per heavy atom. The maximum absolute atomic E-state index is 11.1. The van der Waals surface area contributed by atoms with Crippen LogP contribution >= 0.6 is 11.8 Å². The number of nitro groups is 1. The predicted molar refractivity (Wildman–Crippen MR) is 109 cm³/mol. The summed E-state index contributed by atoms with van der Waals surface area (Å²) in [6.45, 7) is 2.01. The zero-order valence-electron chi connectivity index (χ0n) is 14.9. The number of hydrogen-bond acceptors (Lipinski definition) is 7. The van der Waals surface area contributed by atoms with Crippen LogP contribution in [0.5, 0.6) is 0 Å². The molecule has 2 N–H and O–H groups in total. The predicted octanol–water partition coefficient (Wildman–Crippen LogP) is 4.06. The topological polar surface area (TPSA) is 109 Å². The molecule has 2 aliphatic rings. The Morgan fingerprint density at radius 2 is 2.04 bits per heavy atom. The molecule has 7 nitrogen and oxygen atoms in total. The second-order valence-corrected chi connectivity index (χ2v) is 7.24. The standard InChI is InChI=1S/C20H15N5O2S/c1-12-5-7-13(8-6-12)17-11-28-20-23-18(16(10-21)19(22)24(17)20)14-3-2-4-15(9-14)25(26)27/h2-9,11,18H,22H2,1H3. The van der Waals surface area contributed by atoms with Crippen molar-refractivity contribution in [2.45, 2.75) is 13.0 Å². The van der Waals surface area contributed by atoms with E-state index >= 15 is 0 Å². The van der Waals surface area contributed by atoms with Crippen molar-refractivity contribution in [3.05, 3.63) is 92.1 Å². The third-order valence-corrected chi connectivity index (χ3v) is 5.44. The maximum Gasteiger partial charge on any atom is 0.269 e. The van der Waals surface area contributed by atoms with E-state index in [1.54, 1.807) is 17.0 Å². The van der Waals surface area contributed by atoms with E-state index in [1.807, 2.05) is 36.6 Å². The largest absolute Gasteiger partial charge is 0.384 e. The summed E-state index contributed by atoms with van der Waals surface area (Å²) in [5.41, 5.74) is 10.1. The highest BCUT2D eigenvalue weighted by Crippen LogP contribution is 2.43. The molecule has 2 heterocycles. The Balaban J connectivity index is 1.76. The number of amidine groups is 1. The molecular weight excluding hydrogens is 374 g/mol. The molecule has 8 heteroatoms. The third-order valence-electron chi connectivity index (χ3n) is 4.60. The van der Waals surface area contributed by atoms with Gasteiger partial charge in [-0.3, -0.25) is 15.0 Å². The second kappa shape index (κ2) is 6.87. The summed E-state index contributed by atoms with van der Waals surface area (Å²) in [4.78, 5) is 17.1. The van der Waals surface area contributed by atoms with Gasteiger partial charge in [0, 0.05) is 17.5 Å². The molecule has 2 aliphatic heterocycles.